The molecule has 0 fully saturated rings. The van der Waals surface area contributed by atoms with Crippen LogP contribution in [0.4, 0.5) is 0 Å². The lowest BCUT2D eigenvalue weighted by Crippen LogP contribution is -2.29. The van der Waals surface area contributed by atoms with Crippen molar-refractivity contribution >= 4 is 16.9 Å². The van der Waals surface area contributed by atoms with Crippen LogP contribution < -0.4 is 9.84 Å². The average molecular weight is 310 g/mol. The number of carbonyl (C=O) groups is 1. The van der Waals surface area contributed by atoms with Gasteiger partial charge in [-0.1, -0.05) is 36.4 Å². The predicted molar refractivity (Wildman–Crippen MR) is 84.0 cm³/mol. The number of carboxylic acids is 1. The maximum absolute atomic E-state index is 11.1. The molecule has 0 spiro atoms. The zero-order chi connectivity index (χ0) is 16.4. The lowest BCUT2D eigenvalue weighted by Gasteiger charge is -2.11. The summed E-state index contributed by atoms with van der Waals surface area (Å²) in [5, 5.41) is 21.6. The molecule has 1 N–H and O–H groups in total. The molecular formula is C18H16NO4-. The van der Waals surface area contributed by atoms with Crippen LogP contribution in [0.25, 0.3) is 10.9 Å². The van der Waals surface area contributed by atoms with Crippen molar-refractivity contribution in [3.63, 3.8) is 0 Å². The molecular weight excluding hydrogens is 294 g/mol. The van der Waals surface area contributed by atoms with Gasteiger partial charge in [0, 0.05) is 23.7 Å². The molecule has 0 aliphatic carbocycles. The molecule has 23 heavy (non-hydrogen) atoms. The van der Waals surface area contributed by atoms with Crippen molar-refractivity contribution in [2.75, 3.05) is 7.11 Å². The number of fused-ring (bicyclic) bond motifs is 1. The molecule has 1 atom stereocenters. The first-order chi connectivity index (χ1) is 11.1. The third kappa shape index (κ3) is 2.78. The number of carboxylic acid groups (broad SMARTS) is 1. The molecule has 5 heteroatoms. The van der Waals surface area contributed by atoms with E-state index in [2.05, 4.69) is 0 Å². The molecule has 3 rings (SSSR count). The van der Waals surface area contributed by atoms with Crippen LogP contribution in [0.15, 0.2) is 54.7 Å². The highest BCUT2D eigenvalue weighted by molar-refractivity contribution is 5.93. The van der Waals surface area contributed by atoms with Gasteiger partial charge < -0.3 is 24.3 Å². The first-order valence-electron chi connectivity index (χ1n) is 7.20. The Morgan fingerprint density at radius 3 is 2.61 bits per heavy atom. The minimum atomic E-state index is -1.70. The van der Waals surface area contributed by atoms with E-state index in [0.717, 1.165) is 11.1 Å². The maximum atomic E-state index is 11.1. The highest BCUT2D eigenvalue weighted by Crippen LogP contribution is 2.34. The highest BCUT2D eigenvalue weighted by atomic mass is 16.5. The molecule has 5 nitrogen and oxygen atoms in total. The molecule has 0 aliphatic rings. The van der Waals surface area contributed by atoms with Crippen LogP contribution in [0.2, 0.25) is 0 Å². The first-order valence-corrected chi connectivity index (χ1v) is 7.20. The molecule has 0 bridgehead atoms. The van der Waals surface area contributed by atoms with Crippen LogP contribution in [0.5, 0.6) is 5.75 Å². The second kappa shape index (κ2) is 6.14. The lowest BCUT2D eigenvalue weighted by molar-refractivity contribution is -0.315. The molecule has 0 saturated heterocycles. The summed E-state index contributed by atoms with van der Waals surface area (Å²) >= 11 is 0. The number of benzene rings is 2. The Kier molecular flexibility index (Phi) is 4.04. The average Bonchev–Trinajstić information content (AvgIpc) is 2.93. The zero-order valence-electron chi connectivity index (χ0n) is 12.6. The lowest BCUT2D eigenvalue weighted by atomic mass is 10.1. The molecule has 0 amide bonds. The summed E-state index contributed by atoms with van der Waals surface area (Å²) in [4.78, 5) is 11.1. The zero-order valence-corrected chi connectivity index (χ0v) is 12.6. The second-order valence-electron chi connectivity index (χ2n) is 5.27. The number of rotatable bonds is 5. The quantitative estimate of drug-likeness (QED) is 0.774. The van der Waals surface area contributed by atoms with Gasteiger partial charge in [-0.05, 0) is 17.7 Å². The van der Waals surface area contributed by atoms with Gasteiger partial charge in [0.05, 0.1) is 18.6 Å². The number of carbonyl (C=O) groups excluding carboxylic acids is 1. The summed E-state index contributed by atoms with van der Waals surface area (Å²) in [7, 11) is 1.51. The van der Waals surface area contributed by atoms with Crippen molar-refractivity contribution in [1.82, 2.24) is 4.57 Å². The summed E-state index contributed by atoms with van der Waals surface area (Å²) in [6, 6.07) is 15.2. The number of ether oxygens (including phenoxy) is 1. The van der Waals surface area contributed by atoms with E-state index in [1.54, 1.807) is 12.3 Å². The molecule has 0 aliphatic heterocycles. The Hall–Kier alpha value is -2.79. The third-order valence-electron chi connectivity index (χ3n) is 3.83. The fourth-order valence-corrected chi connectivity index (χ4v) is 2.77. The predicted octanol–water partition coefficient (Wildman–Crippen LogP) is 1.48. The standard InChI is InChI=1S/C18H17NO4/c1-23-15-9-5-8-14-16(15)13(17(20)18(21)22)11-19(14)10-12-6-3-2-4-7-12/h2-9,11,17,20H,10H2,1H3,(H,21,22)/p-1. The number of methoxy groups -OCH3 is 1. The first kappa shape index (κ1) is 15.1. The topological polar surface area (TPSA) is 74.5 Å². The summed E-state index contributed by atoms with van der Waals surface area (Å²) in [5.41, 5.74) is 2.14. The fourth-order valence-electron chi connectivity index (χ4n) is 2.77. The van der Waals surface area contributed by atoms with Gasteiger partial charge in [0.15, 0.2) is 0 Å². The fraction of sp³-hybridized carbons (Fsp3) is 0.167. The van der Waals surface area contributed by atoms with Crippen molar-refractivity contribution in [2.24, 2.45) is 0 Å². The van der Waals surface area contributed by atoms with Crippen LogP contribution in [0.3, 0.4) is 0 Å². The van der Waals surface area contributed by atoms with Gasteiger partial charge in [0.1, 0.15) is 11.9 Å². The highest BCUT2D eigenvalue weighted by Gasteiger charge is 2.19. The van der Waals surface area contributed by atoms with Crippen LogP contribution in [-0.2, 0) is 11.3 Å². The molecule has 1 aromatic heterocycles. The van der Waals surface area contributed by atoms with Gasteiger partial charge in [0.25, 0.3) is 0 Å². The minimum absolute atomic E-state index is 0.272. The number of hydrogen-bond acceptors (Lipinski definition) is 4. The SMILES string of the molecule is COc1cccc2c1c(C(O)C(=O)[O-])cn2Cc1ccccc1. The van der Waals surface area contributed by atoms with Gasteiger partial charge in [-0.2, -0.15) is 0 Å². The minimum Gasteiger partial charge on any atom is -0.547 e. The van der Waals surface area contributed by atoms with Crippen molar-refractivity contribution in [2.45, 2.75) is 12.6 Å². The second-order valence-corrected chi connectivity index (χ2v) is 5.27. The Balaban J connectivity index is 2.17. The normalized spacial score (nSPS) is 12.3. The van der Waals surface area contributed by atoms with Gasteiger partial charge in [-0.25, -0.2) is 0 Å². The van der Waals surface area contributed by atoms with Gasteiger partial charge in [0.2, 0.25) is 0 Å². The van der Waals surface area contributed by atoms with E-state index in [4.69, 9.17) is 4.74 Å². The van der Waals surface area contributed by atoms with E-state index in [9.17, 15) is 15.0 Å². The van der Waals surface area contributed by atoms with E-state index in [1.165, 1.54) is 7.11 Å². The number of nitrogens with zero attached hydrogens (tertiary/aromatic N) is 1. The van der Waals surface area contributed by atoms with Crippen molar-refractivity contribution in [3.05, 3.63) is 65.9 Å². The molecule has 3 aromatic rings. The Morgan fingerprint density at radius 2 is 1.96 bits per heavy atom. The van der Waals surface area contributed by atoms with Crippen LogP contribution in [-0.4, -0.2) is 22.8 Å². The van der Waals surface area contributed by atoms with Crippen molar-refractivity contribution in [3.8, 4) is 5.75 Å². The smallest absolute Gasteiger partial charge is 0.128 e. The molecule has 0 radical (unpaired) electrons. The van der Waals surface area contributed by atoms with E-state index >= 15 is 0 Å². The van der Waals surface area contributed by atoms with E-state index < -0.39 is 12.1 Å². The van der Waals surface area contributed by atoms with E-state index in [-0.39, 0.29) is 5.56 Å². The largest absolute Gasteiger partial charge is 0.547 e. The van der Waals surface area contributed by atoms with Gasteiger partial charge >= 0.3 is 0 Å². The molecule has 118 valence electrons. The number of hydrogen-bond donors (Lipinski definition) is 1. The van der Waals surface area contributed by atoms with Crippen LogP contribution >= 0.6 is 0 Å². The van der Waals surface area contributed by atoms with Gasteiger partial charge in [-0.15, -0.1) is 0 Å². The molecule has 0 saturated carbocycles. The number of aliphatic carboxylic acids is 1. The summed E-state index contributed by atoms with van der Waals surface area (Å²) < 4.78 is 7.22. The monoisotopic (exact) mass is 310 g/mol. The number of aromatic nitrogens is 1. The molecule has 1 unspecified atom stereocenters. The number of aliphatic hydroxyl groups excluding tert-OH is 1. The maximum Gasteiger partial charge on any atom is 0.128 e. The van der Waals surface area contributed by atoms with Gasteiger partial charge in [-0.3, -0.25) is 0 Å². The Labute approximate surface area is 133 Å². The van der Waals surface area contributed by atoms with E-state index in [1.807, 2.05) is 47.0 Å². The Morgan fingerprint density at radius 1 is 1.22 bits per heavy atom. The number of aliphatic hydroxyl groups is 1. The van der Waals surface area contributed by atoms with Crippen LogP contribution in [0, 0.1) is 0 Å². The van der Waals surface area contributed by atoms with Crippen molar-refractivity contribution in [1.29, 1.82) is 0 Å². The van der Waals surface area contributed by atoms with Crippen molar-refractivity contribution < 1.29 is 19.7 Å². The molecule has 2 aromatic carbocycles. The molecule has 1 heterocycles. The summed E-state index contributed by atoms with van der Waals surface area (Å²) in [5.74, 6) is -1.01. The van der Waals surface area contributed by atoms with Crippen LogP contribution in [0.1, 0.15) is 17.2 Å². The third-order valence-corrected chi connectivity index (χ3v) is 3.83. The Bertz CT molecular complexity index is 839. The summed E-state index contributed by atoms with van der Waals surface area (Å²) in [6.07, 6.45) is -0.0634. The summed E-state index contributed by atoms with van der Waals surface area (Å²) in [6.45, 7) is 0.560. The van der Waals surface area contributed by atoms with E-state index in [0.29, 0.717) is 17.7 Å².